The number of anilines is 2. The molecule has 38 heavy (non-hydrogen) atoms. The first-order valence-electron chi connectivity index (χ1n) is 13.2. The lowest BCUT2D eigenvalue weighted by molar-refractivity contribution is -0.143. The summed E-state index contributed by atoms with van der Waals surface area (Å²) in [5.74, 6) is -0.357. The summed E-state index contributed by atoms with van der Waals surface area (Å²) in [6.45, 7) is 7.55. The summed E-state index contributed by atoms with van der Waals surface area (Å²) < 4.78 is 6.61. The number of unbranched alkanes of at least 4 members (excludes halogenated alkanes) is 2. The van der Waals surface area contributed by atoms with E-state index in [1.807, 2.05) is 54.4 Å². The van der Waals surface area contributed by atoms with E-state index in [4.69, 9.17) is 4.74 Å². The van der Waals surface area contributed by atoms with Crippen molar-refractivity contribution in [3.05, 3.63) is 59.9 Å². The van der Waals surface area contributed by atoms with Crippen LogP contribution in [0.5, 0.6) is 0 Å². The first-order valence-corrected chi connectivity index (χ1v) is 13.2. The molecule has 3 heterocycles. The van der Waals surface area contributed by atoms with Crippen molar-refractivity contribution < 1.29 is 19.1 Å². The predicted molar refractivity (Wildman–Crippen MR) is 147 cm³/mol. The van der Waals surface area contributed by atoms with E-state index < -0.39 is 0 Å². The molecule has 202 valence electrons. The van der Waals surface area contributed by atoms with Crippen LogP contribution in [0.2, 0.25) is 0 Å². The summed E-state index contributed by atoms with van der Waals surface area (Å²) in [6.07, 6.45) is 6.35. The highest BCUT2D eigenvalue weighted by molar-refractivity contribution is 6.08. The summed E-state index contributed by atoms with van der Waals surface area (Å²) >= 11 is 0. The van der Waals surface area contributed by atoms with Crippen LogP contribution in [-0.4, -0.2) is 71.8 Å². The van der Waals surface area contributed by atoms with Crippen LogP contribution < -0.4 is 15.5 Å². The van der Waals surface area contributed by atoms with Gasteiger partial charge in [-0.05, 0) is 68.7 Å². The van der Waals surface area contributed by atoms with E-state index >= 15 is 0 Å². The molecule has 4 rings (SSSR count). The lowest BCUT2D eigenvalue weighted by Gasteiger charge is -2.36. The van der Waals surface area contributed by atoms with E-state index in [9.17, 15) is 14.4 Å². The van der Waals surface area contributed by atoms with Crippen LogP contribution in [-0.2, 0) is 9.53 Å². The number of aromatic nitrogens is 2. The molecule has 1 saturated heterocycles. The van der Waals surface area contributed by atoms with Crippen molar-refractivity contribution in [3.8, 4) is 0 Å². The van der Waals surface area contributed by atoms with Gasteiger partial charge >= 0.3 is 12.0 Å². The first-order chi connectivity index (χ1) is 18.4. The fourth-order valence-corrected chi connectivity index (χ4v) is 4.49. The average molecular weight is 521 g/mol. The maximum absolute atomic E-state index is 12.8. The largest absolute Gasteiger partial charge is 0.466 e. The summed E-state index contributed by atoms with van der Waals surface area (Å²) in [5.41, 5.74) is 4.14. The molecule has 0 radical (unpaired) electrons. The fraction of sp³-hybridized carbons (Fsp3) is 0.429. The first kappa shape index (κ1) is 27.0. The van der Waals surface area contributed by atoms with Crippen LogP contribution in [0.15, 0.2) is 48.8 Å². The zero-order valence-electron chi connectivity index (χ0n) is 22.1. The van der Waals surface area contributed by atoms with Gasteiger partial charge in [0.2, 0.25) is 0 Å². The Morgan fingerprint density at radius 3 is 2.50 bits per heavy atom. The third-order valence-corrected chi connectivity index (χ3v) is 6.62. The maximum atomic E-state index is 12.8. The number of benzene rings is 1. The monoisotopic (exact) mass is 520 g/mol. The normalized spacial score (nSPS) is 13.4. The molecule has 1 fully saturated rings. The van der Waals surface area contributed by atoms with E-state index in [1.165, 1.54) is 0 Å². The van der Waals surface area contributed by atoms with Gasteiger partial charge in [-0.1, -0.05) is 6.42 Å². The molecule has 0 unspecified atom stereocenters. The number of nitrogens with zero attached hydrogens (tertiary/aromatic N) is 4. The Hall–Kier alpha value is -4.08. The number of carbonyl (C=O) groups excluding carboxylic acids is 3. The van der Waals surface area contributed by atoms with Gasteiger partial charge in [-0.2, -0.15) is 5.10 Å². The molecule has 3 amide bonds. The lowest BCUT2D eigenvalue weighted by atomic mass is 10.2. The summed E-state index contributed by atoms with van der Waals surface area (Å²) in [7, 11) is 0. The van der Waals surface area contributed by atoms with Gasteiger partial charge < -0.3 is 25.2 Å². The molecule has 1 aliphatic heterocycles. The molecule has 10 nitrogen and oxygen atoms in total. The minimum Gasteiger partial charge on any atom is -0.466 e. The number of carbonyl (C=O) groups is 3. The van der Waals surface area contributed by atoms with Crippen molar-refractivity contribution in [2.45, 2.75) is 39.5 Å². The van der Waals surface area contributed by atoms with Crippen LogP contribution in [0.4, 0.5) is 16.2 Å². The fourth-order valence-electron chi connectivity index (χ4n) is 4.49. The number of hydrogen-bond acceptors (Lipinski definition) is 6. The van der Waals surface area contributed by atoms with Crippen molar-refractivity contribution in [2.75, 3.05) is 49.5 Å². The molecule has 10 heteroatoms. The van der Waals surface area contributed by atoms with Crippen LogP contribution >= 0.6 is 0 Å². The molecule has 3 aromatic rings. The molecule has 0 saturated carbocycles. The average Bonchev–Trinajstić information content (AvgIpc) is 3.34. The molecule has 1 aliphatic rings. The molecule has 2 aromatic heterocycles. The van der Waals surface area contributed by atoms with Gasteiger partial charge in [0.05, 0.1) is 23.9 Å². The van der Waals surface area contributed by atoms with Gasteiger partial charge in [0.1, 0.15) is 0 Å². The smallest absolute Gasteiger partial charge is 0.317 e. The van der Waals surface area contributed by atoms with Crippen LogP contribution in [0.1, 0.15) is 48.5 Å². The molecular formula is C28H36N6O4. The Bertz CT molecular complexity index is 1250. The van der Waals surface area contributed by atoms with Crippen LogP contribution in [0.3, 0.4) is 0 Å². The minimum absolute atomic E-state index is 0.0454. The number of aryl methyl sites for hydroxylation is 1. The number of esters is 1. The molecular weight excluding hydrogens is 484 g/mol. The zero-order chi connectivity index (χ0) is 26.9. The van der Waals surface area contributed by atoms with E-state index in [-0.39, 0.29) is 17.9 Å². The zero-order valence-corrected chi connectivity index (χ0v) is 22.1. The predicted octanol–water partition coefficient (Wildman–Crippen LogP) is 3.85. The van der Waals surface area contributed by atoms with Crippen molar-refractivity contribution in [1.82, 2.24) is 19.8 Å². The summed E-state index contributed by atoms with van der Waals surface area (Å²) in [6, 6.07) is 11.6. The van der Waals surface area contributed by atoms with Gasteiger partial charge in [0, 0.05) is 56.7 Å². The highest BCUT2D eigenvalue weighted by Gasteiger charge is 2.21. The van der Waals surface area contributed by atoms with Crippen molar-refractivity contribution >= 4 is 34.8 Å². The topological polar surface area (TPSA) is 108 Å². The van der Waals surface area contributed by atoms with E-state index in [0.29, 0.717) is 43.9 Å². The van der Waals surface area contributed by atoms with E-state index in [0.717, 1.165) is 49.1 Å². The molecule has 0 aliphatic carbocycles. The second kappa shape index (κ2) is 12.9. The number of ether oxygens (including phenoxy) is 1. The van der Waals surface area contributed by atoms with Crippen LogP contribution in [0, 0.1) is 6.92 Å². The second-order valence-corrected chi connectivity index (χ2v) is 9.41. The summed E-state index contributed by atoms with van der Waals surface area (Å²) in [4.78, 5) is 40.7. The Morgan fingerprint density at radius 1 is 1.00 bits per heavy atom. The molecule has 1 aromatic carbocycles. The molecule has 0 atom stereocenters. The number of nitrogens with one attached hydrogen (secondary N) is 2. The Kier molecular flexibility index (Phi) is 9.18. The quantitative estimate of drug-likeness (QED) is 0.311. The number of hydrogen-bond donors (Lipinski definition) is 2. The van der Waals surface area contributed by atoms with Crippen molar-refractivity contribution in [2.24, 2.45) is 0 Å². The number of piperazine rings is 1. The third kappa shape index (κ3) is 7.02. The molecule has 0 bridgehead atoms. The molecule has 0 spiro atoms. The maximum Gasteiger partial charge on any atom is 0.317 e. The number of fused-ring (bicyclic) bond motifs is 1. The van der Waals surface area contributed by atoms with Gasteiger partial charge in [-0.3, -0.25) is 9.59 Å². The standard InChI is InChI=1S/C28H36N6O4/c1-3-38-26(35)7-5-4-6-13-29-28(37)33-17-15-32(16-18-33)23-10-8-22(9-11-23)31-27(36)24-20-30-34-14-12-21(2)19-25(24)34/h8-12,14,19-20H,3-7,13,15-18H2,1-2H3,(H,29,37)(H,31,36). The van der Waals surface area contributed by atoms with Crippen LogP contribution in [0.25, 0.3) is 5.52 Å². The minimum atomic E-state index is -0.197. The Balaban J connectivity index is 1.19. The number of pyridine rings is 1. The van der Waals surface area contributed by atoms with E-state index in [1.54, 1.807) is 17.6 Å². The number of urea groups is 1. The SMILES string of the molecule is CCOC(=O)CCCCCNC(=O)N1CCN(c2ccc(NC(=O)c3cnn4ccc(C)cc34)cc2)CC1. The Morgan fingerprint density at radius 2 is 1.76 bits per heavy atom. The van der Waals surface area contributed by atoms with E-state index in [2.05, 4.69) is 20.6 Å². The number of rotatable bonds is 10. The lowest BCUT2D eigenvalue weighted by Crippen LogP contribution is -2.52. The van der Waals surface area contributed by atoms with Gasteiger partial charge in [-0.25, -0.2) is 9.31 Å². The van der Waals surface area contributed by atoms with Gasteiger partial charge in [0.15, 0.2) is 0 Å². The third-order valence-electron chi connectivity index (χ3n) is 6.62. The van der Waals surface area contributed by atoms with Crippen molar-refractivity contribution in [1.29, 1.82) is 0 Å². The molecule has 2 N–H and O–H groups in total. The number of amides is 3. The Labute approximate surface area is 222 Å². The van der Waals surface area contributed by atoms with Crippen molar-refractivity contribution in [3.63, 3.8) is 0 Å². The highest BCUT2D eigenvalue weighted by Crippen LogP contribution is 2.21. The second-order valence-electron chi connectivity index (χ2n) is 9.41. The van der Waals surface area contributed by atoms with Gasteiger partial charge in [-0.15, -0.1) is 0 Å². The van der Waals surface area contributed by atoms with Gasteiger partial charge in [0.25, 0.3) is 5.91 Å². The highest BCUT2D eigenvalue weighted by atomic mass is 16.5. The summed E-state index contributed by atoms with van der Waals surface area (Å²) in [5, 5.41) is 10.2.